The van der Waals surface area contributed by atoms with Crippen molar-refractivity contribution in [3.8, 4) is 11.5 Å². The van der Waals surface area contributed by atoms with Gasteiger partial charge in [-0.25, -0.2) is 9.59 Å². The summed E-state index contributed by atoms with van der Waals surface area (Å²) in [5.41, 5.74) is 1.95. The molecule has 166 valence electrons. The predicted molar refractivity (Wildman–Crippen MR) is 123 cm³/mol. The Morgan fingerprint density at radius 1 is 0.939 bits per heavy atom. The van der Waals surface area contributed by atoms with E-state index in [1.165, 1.54) is 7.11 Å². The highest BCUT2D eigenvalue weighted by Crippen LogP contribution is 2.26. The summed E-state index contributed by atoms with van der Waals surface area (Å²) in [5, 5.41) is 14.3. The molecular formula is C24H19ClN4O4. The molecule has 0 aliphatic carbocycles. The van der Waals surface area contributed by atoms with Crippen LogP contribution in [0.2, 0.25) is 5.02 Å². The third-order valence-corrected chi connectivity index (χ3v) is 5.02. The van der Waals surface area contributed by atoms with Crippen molar-refractivity contribution in [3.05, 3.63) is 101 Å². The van der Waals surface area contributed by atoms with E-state index < -0.39 is 18.0 Å². The molecule has 1 heterocycles. The number of methoxy groups -OCH3 is 1. The Morgan fingerprint density at radius 3 is 2.36 bits per heavy atom. The first-order valence-corrected chi connectivity index (χ1v) is 10.3. The van der Waals surface area contributed by atoms with Crippen molar-refractivity contribution in [2.45, 2.75) is 6.04 Å². The Bertz CT molecular complexity index is 1260. The van der Waals surface area contributed by atoms with Crippen LogP contribution in [0.1, 0.15) is 27.9 Å². The van der Waals surface area contributed by atoms with Crippen molar-refractivity contribution in [2.75, 3.05) is 12.4 Å². The van der Waals surface area contributed by atoms with Gasteiger partial charge in [0.15, 0.2) is 0 Å². The van der Waals surface area contributed by atoms with E-state index in [1.807, 2.05) is 30.3 Å². The van der Waals surface area contributed by atoms with Gasteiger partial charge in [-0.1, -0.05) is 54.1 Å². The monoisotopic (exact) mass is 462 g/mol. The number of halogens is 1. The van der Waals surface area contributed by atoms with Crippen molar-refractivity contribution < 1.29 is 18.7 Å². The van der Waals surface area contributed by atoms with Crippen LogP contribution in [-0.4, -0.2) is 29.3 Å². The standard InChI is InChI=1S/C24H19ClN4O4/c1-32-23(30)18-9-5-6-10-19(18)26-24(31)27-20(15-11-13-17(25)14-12-15)22-29-28-21(33-22)16-7-3-2-4-8-16/h2-14,20H,1H3,(H2,26,27,31)/t20-/m1/s1. The maximum Gasteiger partial charge on any atom is 0.339 e. The van der Waals surface area contributed by atoms with Gasteiger partial charge in [-0.3, -0.25) is 0 Å². The van der Waals surface area contributed by atoms with Crippen LogP contribution in [0.15, 0.2) is 83.3 Å². The molecule has 0 aliphatic rings. The Hall–Kier alpha value is -4.17. The summed E-state index contributed by atoms with van der Waals surface area (Å²) >= 11 is 6.03. The fraction of sp³-hybridized carbons (Fsp3) is 0.0833. The number of nitrogens with one attached hydrogen (secondary N) is 2. The number of amides is 2. The fourth-order valence-electron chi connectivity index (χ4n) is 3.16. The number of nitrogens with zero attached hydrogens (tertiary/aromatic N) is 2. The normalized spacial score (nSPS) is 11.5. The minimum atomic E-state index is -0.766. The maximum absolute atomic E-state index is 12.9. The number of ether oxygens (including phenoxy) is 1. The smallest absolute Gasteiger partial charge is 0.339 e. The lowest BCUT2D eigenvalue weighted by Gasteiger charge is -2.17. The number of rotatable bonds is 6. The zero-order valence-corrected chi connectivity index (χ0v) is 18.2. The minimum Gasteiger partial charge on any atom is -0.465 e. The van der Waals surface area contributed by atoms with Gasteiger partial charge in [-0.2, -0.15) is 0 Å². The lowest BCUT2D eigenvalue weighted by Crippen LogP contribution is -2.34. The second kappa shape index (κ2) is 9.97. The van der Waals surface area contributed by atoms with E-state index in [0.29, 0.717) is 22.2 Å². The molecule has 1 aromatic heterocycles. The number of carbonyl (C=O) groups is 2. The molecular weight excluding hydrogens is 444 g/mol. The van der Waals surface area contributed by atoms with Crippen molar-refractivity contribution in [1.82, 2.24) is 15.5 Å². The molecule has 3 aromatic carbocycles. The fourth-order valence-corrected chi connectivity index (χ4v) is 3.29. The van der Waals surface area contributed by atoms with Gasteiger partial charge >= 0.3 is 12.0 Å². The molecule has 33 heavy (non-hydrogen) atoms. The number of anilines is 1. The van der Waals surface area contributed by atoms with Crippen molar-refractivity contribution in [2.24, 2.45) is 0 Å². The highest BCUT2D eigenvalue weighted by molar-refractivity contribution is 6.30. The van der Waals surface area contributed by atoms with Gasteiger partial charge in [0.25, 0.3) is 0 Å². The Kier molecular flexibility index (Phi) is 6.66. The quantitative estimate of drug-likeness (QED) is 0.387. The van der Waals surface area contributed by atoms with E-state index in [1.54, 1.807) is 48.5 Å². The second-order valence-corrected chi connectivity index (χ2v) is 7.37. The van der Waals surface area contributed by atoms with Crippen LogP contribution in [0, 0.1) is 0 Å². The van der Waals surface area contributed by atoms with E-state index in [9.17, 15) is 9.59 Å². The highest BCUT2D eigenvalue weighted by atomic mass is 35.5. The first kappa shape index (κ1) is 22.0. The summed E-state index contributed by atoms with van der Waals surface area (Å²) in [6, 6.07) is 21.4. The third-order valence-electron chi connectivity index (χ3n) is 4.77. The first-order valence-electron chi connectivity index (χ1n) is 9.94. The summed E-state index contributed by atoms with van der Waals surface area (Å²) in [5.74, 6) is -0.0556. The SMILES string of the molecule is COC(=O)c1ccccc1NC(=O)N[C@H](c1ccc(Cl)cc1)c1nnc(-c2ccccc2)o1. The average molecular weight is 463 g/mol. The van der Waals surface area contributed by atoms with Gasteiger partial charge in [0.2, 0.25) is 11.8 Å². The van der Waals surface area contributed by atoms with E-state index in [-0.39, 0.29) is 11.5 Å². The summed E-state index contributed by atoms with van der Waals surface area (Å²) < 4.78 is 10.7. The van der Waals surface area contributed by atoms with Gasteiger partial charge in [0.1, 0.15) is 6.04 Å². The van der Waals surface area contributed by atoms with Crippen LogP contribution in [0.4, 0.5) is 10.5 Å². The first-order chi connectivity index (χ1) is 16.0. The number of hydrogen-bond acceptors (Lipinski definition) is 6. The number of carbonyl (C=O) groups excluding carboxylic acids is 2. The molecule has 9 heteroatoms. The van der Waals surface area contributed by atoms with Crippen LogP contribution in [0.25, 0.3) is 11.5 Å². The van der Waals surface area contributed by atoms with Gasteiger partial charge in [0, 0.05) is 10.6 Å². The molecule has 4 rings (SSSR count). The zero-order chi connectivity index (χ0) is 23.2. The molecule has 2 N–H and O–H groups in total. The number of hydrogen-bond donors (Lipinski definition) is 2. The number of aromatic nitrogens is 2. The summed E-state index contributed by atoms with van der Waals surface area (Å²) in [7, 11) is 1.27. The van der Waals surface area contributed by atoms with E-state index in [4.69, 9.17) is 20.8 Å². The lowest BCUT2D eigenvalue weighted by atomic mass is 10.1. The zero-order valence-electron chi connectivity index (χ0n) is 17.5. The van der Waals surface area contributed by atoms with Crippen LogP contribution < -0.4 is 10.6 Å². The lowest BCUT2D eigenvalue weighted by molar-refractivity contribution is 0.0602. The Morgan fingerprint density at radius 2 is 1.64 bits per heavy atom. The largest absolute Gasteiger partial charge is 0.465 e. The molecule has 0 fully saturated rings. The number of benzene rings is 3. The van der Waals surface area contributed by atoms with E-state index in [2.05, 4.69) is 20.8 Å². The van der Waals surface area contributed by atoms with Gasteiger partial charge in [0.05, 0.1) is 18.4 Å². The van der Waals surface area contributed by atoms with E-state index in [0.717, 1.165) is 5.56 Å². The molecule has 1 atom stereocenters. The average Bonchev–Trinajstić information content (AvgIpc) is 3.34. The molecule has 8 nitrogen and oxygen atoms in total. The third kappa shape index (κ3) is 5.19. The molecule has 0 bridgehead atoms. The topological polar surface area (TPSA) is 106 Å². The summed E-state index contributed by atoms with van der Waals surface area (Å²) in [4.78, 5) is 24.9. The number of esters is 1. The number of urea groups is 1. The van der Waals surface area contributed by atoms with Crippen LogP contribution >= 0.6 is 11.6 Å². The molecule has 0 aliphatic heterocycles. The van der Waals surface area contributed by atoms with E-state index >= 15 is 0 Å². The molecule has 2 amide bonds. The van der Waals surface area contributed by atoms with Gasteiger partial charge in [-0.05, 0) is 42.0 Å². The molecule has 0 saturated heterocycles. The van der Waals surface area contributed by atoms with Crippen LogP contribution in [0.5, 0.6) is 0 Å². The summed E-state index contributed by atoms with van der Waals surface area (Å²) in [6.45, 7) is 0. The second-order valence-electron chi connectivity index (χ2n) is 6.93. The van der Waals surface area contributed by atoms with Crippen LogP contribution in [0.3, 0.4) is 0 Å². The summed E-state index contributed by atoms with van der Waals surface area (Å²) in [6.07, 6.45) is 0. The molecule has 0 saturated carbocycles. The minimum absolute atomic E-state index is 0.188. The van der Waals surface area contributed by atoms with Crippen molar-refractivity contribution >= 4 is 29.3 Å². The molecule has 0 spiro atoms. The number of para-hydroxylation sites is 1. The van der Waals surface area contributed by atoms with Gasteiger partial charge in [-0.15, -0.1) is 10.2 Å². The van der Waals surface area contributed by atoms with Crippen LogP contribution in [-0.2, 0) is 4.74 Å². The predicted octanol–water partition coefficient (Wildman–Crippen LogP) is 5.09. The van der Waals surface area contributed by atoms with Gasteiger partial charge < -0.3 is 19.8 Å². The molecule has 0 radical (unpaired) electrons. The molecule has 4 aromatic rings. The van der Waals surface area contributed by atoms with Crippen molar-refractivity contribution in [3.63, 3.8) is 0 Å². The Balaban J connectivity index is 1.62. The molecule has 0 unspecified atom stereocenters. The highest BCUT2D eigenvalue weighted by Gasteiger charge is 2.24. The maximum atomic E-state index is 12.9. The Labute approximate surface area is 194 Å². The van der Waals surface area contributed by atoms with Crippen molar-refractivity contribution in [1.29, 1.82) is 0 Å².